The first-order chi connectivity index (χ1) is 9.54. The van der Waals surface area contributed by atoms with Crippen LogP contribution in [-0.2, 0) is 0 Å². The number of rotatable bonds is 2. The van der Waals surface area contributed by atoms with Crippen molar-refractivity contribution in [2.45, 2.75) is 6.92 Å². The lowest BCUT2D eigenvalue weighted by Gasteiger charge is -2.00. The standard InChI is InChI=1S/C15H10ClNO3/c1-8-2-4-10(11(16)6-8)14-17-12-5-3-9(15(18)19)7-13(12)20-14/h2-7H,1H3,(H,18,19). The van der Waals surface area contributed by atoms with Gasteiger partial charge in [-0.2, -0.15) is 0 Å². The second-order valence-electron chi connectivity index (χ2n) is 4.49. The molecule has 3 aromatic rings. The van der Waals surface area contributed by atoms with Crippen LogP contribution in [0.3, 0.4) is 0 Å². The zero-order chi connectivity index (χ0) is 14.3. The molecule has 0 bridgehead atoms. The molecule has 0 atom stereocenters. The topological polar surface area (TPSA) is 63.3 Å². The second kappa shape index (κ2) is 4.65. The lowest BCUT2D eigenvalue weighted by molar-refractivity contribution is 0.0697. The summed E-state index contributed by atoms with van der Waals surface area (Å²) in [6, 6.07) is 10.1. The molecule has 0 aliphatic carbocycles. The lowest BCUT2D eigenvalue weighted by Crippen LogP contribution is -1.94. The van der Waals surface area contributed by atoms with Crippen LogP contribution in [0.1, 0.15) is 15.9 Å². The molecule has 0 aliphatic heterocycles. The molecule has 1 aromatic heterocycles. The SMILES string of the molecule is Cc1ccc(-c2nc3ccc(C(=O)O)cc3o2)c(Cl)c1. The van der Waals surface area contributed by atoms with Gasteiger partial charge in [-0.15, -0.1) is 0 Å². The van der Waals surface area contributed by atoms with Crippen molar-refractivity contribution >= 4 is 28.7 Å². The maximum Gasteiger partial charge on any atom is 0.335 e. The fourth-order valence-corrected chi connectivity index (χ4v) is 2.28. The lowest BCUT2D eigenvalue weighted by atomic mass is 10.1. The van der Waals surface area contributed by atoms with Gasteiger partial charge in [-0.05, 0) is 42.8 Å². The van der Waals surface area contributed by atoms with E-state index in [2.05, 4.69) is 4.98 Å². The molecular formula is C15H10ClNO3. The van der Waals surface area contributed by atoms with Crippen LogP contribution in [0.5, 0.6) is 0 Å². The normalized spacial score (nSPS) is 10.9. The smallest absolute Gasteiger partial charge is 0.335 e. The molecule has 0 aliphatic rings. The Morgan fingerprint density at radius 3 is 2.75 bits per heavy atom. The van der Waals surface area contributed by atoms with E-state index in [9.17, 15) is 4.79 Å². The van der Waals surface area contributed by atoms with E-state index in [0.29, 0.717) is 27.6 Å². The number of halogens is 1. The Kier molecular flexibility index (Phi) is 2.95. The van der Waals surface area contributed by atoms with Crippen molar-refractivity contribution in [1.82, 2.24) is 4.98 Å². The Labute approximate surface area is 119 Å². The third-order valence-electron chi connectivity index (χ3n) is 2.99. The Balaban J connectivity index is 2.15. The van der Waals surface area contributed by atoms with E-state index in [1.807, 2.05) is 25.1 Å². The molecule has 0 unspecified atom stereocenters. The third-order valence-corrected chi connectivity index (χ3v) is 3.30. The number of nitrogens with zero attached hydrogens (tertiary/aromatic N) is 1. The zero-order valence-corrected chi connectivity index (χ0v) is 11.3. The maximum atomic E-state index is 10.9. The number of fused-ring (bicyclic) bond motifs is 1. The molecule has 4 nitrogen and oxygen atoms in total. The Hall–Kier alpha value is -2.33. The fourth-order valence-electron chi connectivity index (χ4n) is 1.97. The molecule has 2 aromatic carbocycles. The highest BCUT2D eigenvalue weighted by Gasteiger charge is 2.13. The Morgan fingerprint density at radius 2 is 2.05 bits per heavy atom. The van der Waals surface area contributed by atoms with Gasteiger partial charge in [-0.1, -0.05) is 17.7 Å². The van der Waals surface area contributed by atoms with Gasteiger partial charge in [-0.3, -0.25) is 0 Å². The minimum atomic E-state index is -1.00. The number of aromatic nitrogens is 1. The predicted molar refractivity (Wildman–Crippen MR) is 76.2 cm³/mol. The first-order valence-corrected chi connectivity index (χ1v) is 6.33. The summed E-state index contributed by atoms with van der Waals surface area (Å²) in [6.07, 6.45) is 0. The number of aromatic carboxylic acids is 1. The highest BCUT2D eigenvalue weighted by Crippen LogP contribution is 2.30. The molecule has 0 fully saturated rings. The van der Waals surface area contributed by atoms with Crippen LogP contribution in [0.25, 0.3) is 22.6 Å². The van der Waals surface area contributed by atoms with Crippen molar-refractivity contribution in [3.8, 4) is 11.5 Å². The van der Waals surface area contributed by atoms with Gasteiger partial charge in [0.05, 0.1) is 16.1 Å². The van der Waals surface area contributed by atoms with Crippen LogP contribution in [-0.4, -0.2) is 16.1 Å². The van der Waals surface area contributed by atoms with Crippen molar-refractivity contribution in [3.63, 3.8) is 0 Å². The highest BCUT2D eigenvalue weighted by atomic mass is 35.5. The Morgan fingerprint density at radius 1 is 1.25 bits per heavy atom. The van der Waals surface area contributed by atoms with Crippen LogP contribution >= 0.6 is 11.6 Å². The molecule has 20 heavy (non-hydrogen) atoms. The van der Waals surface area contributed by atoms with Crippen LogP contribution in [0.4, 0.5) is 0 Å². The van der Waals surface area contributed by atoms with E-state index in [-0.39, 0.29) is 5.56 Å². The molecule has 0 radical (unpaired) electrons. The number of hydrogen-bond acceptors (Lipinski definition) is 3. The van der Waals surface area contributed by atoms with E-state index in [4.69, 9.17) is 21.1 Å². The molecule has 1 heterocycles. The monoisotopic (exact) mass is 287 g/mol. The number of carboxylic acid groups (broad SMARTS) is 1. The third kappa shape index (κ3) is 2.14. The highest BCUT2D eigenvalue weighted by molar-refractivity contribution is 6.33. The first kappa shape index (κ1) is 12.7. The van der Waals surface area contributed by atoms with Crippen molar-refractivity contribution in [1.29, 1.82) is 0 Å². The molecule has 0 saturated carbocycles. The molecule has 0 spiro atoms. The maximum absolute atomic E-state index is 10.9. The van der Waals surface area contributed by atoms with Crippen LogP contribution in [0.15, 0.2) is 40.8 Å². The number of aryl methyl sites for hydroxylation is 1. The summed E-state index contributed by atoms with van der Waals surface area (Å²) in [4.78, 5) is 15.3. The minimum Gasteiger partial charge on any atom is -0.478 e. The van der Waals surface area contributed by atoms with Gasteiger partial charge in [0, 0.05) is 0 Å². The summed E-state index contributed by atoms with van der Waals surface area (Å²) in [5, 5.41) is 9.51. The molecule has 0 amide bonds. The van der Waals surface area contributed by atoms with E-state index < -0.39 is 5.97 Å². The van der Waals surface area contributed by atoms with E-state index in [1.165, 1.54) is 12.1 Å². The summed E-state index contributed by atoms with van der Waals surface area (Å²) in [5.74, 6) is -0.620. The van der Waals surface area contributed by atoms with Gasteiger partial charge in [0.2, 0.25) is 5.89 Å². The molecule has 3 rings (SSSR count). The summed E-state index contributed by atoms with van der Waals surface area (Å²) in [5.41, 5.74) is 2.92. The largest absolute Gasteiger partial charge is 0.478 e. The van der Waals surface area contributed by atoms with Gasteiger partial charge < -0.3 is 9.52 Å². The molecule has 1 N–H and O–H groups in total. The number of oxazole rings is 1. The summed E-state index contributed by atoms with van der Waals surface area (Å²) >= 11 is 6.18. The summed E-state index contributed by atoms with van der Waals surface area (Å²) in [7, 11) is 0. The number of carboxylic acids is 1. The Bertz CT molecular complexity index is 823. The first-order valence-electron chi connectivity index (χ1n) is 5.95. The summed E-state index contributed by atoms with van der Waals surface area (Å²) in [6.45, 7) is 1.95. The van der Waals surface area contributed by atoms with Gasteiger partial charge in [0.25, 0.3) is 0 Å². The summed E-state index contributed by atoms with van der Waals surface area (Å²) < 4.78 is 5.61. The zero-order valence-electron chi connectivity index (χ0n) is 10.6. The average Bonchev–Trinajstić information content (AvgIpc) is 2.80. The van der Waals surface area contributed by atoms with Crippen molar-refractivity contribution in [2.24, 2.45) is 0 Å². The minimum absolute atomic E-state index is 0.162. The van der Waals surface area contributed by atoms with Crippen molar-refractivity contribution in [2.75, 3.05) is 0 Å². The van der Waals surface area contributed by atoms with Crippen molar-refractivity contribution < 1.29 is 14.3 Å². The average molecular weight is 288 g/mol. The van der Waals surface area contributed by atoms with Gasteiger partial charge in [-0.25, -0.2) is 9.78 Å². The number of carbonyl (C=O) groups is 1. The van der Waals surface area contributed by atoms with E-state index >= 15 is 0 Å². The van der Waals surface area contributed by atoms with E-state index in [0.717, 1.165) is 5.56 Å². The van der Waals surface area contributed by atoms with Crippen LogP contribution in [0, 0.1) is 6.92 Å². The van der Waals surface area contributed by atoms with Gasteiger partial charge >= 0.3 is 5.97 Å². The van der Waals surface area contributed by atoms with Gasteiger partial charge in [0.1, 0.15) is 5.52 Å². The van der Waals surface area contributed by atoms with Crippen molar-refractivity contribution in [3.05, 3.63) is 52.5 Å². The molecular weight excluding hydrogens is 278 g/mol. The number of hydrogen-bond donors (Lipinski definition) is 1. The molecule has 0 saturated heterocycles. The second-order valence-corrected chi connectivity index (χ2v) is 4.90. The fraction of sp³-hybridized carbons (Fsp3) is 0.0667. The molecule has 5 heteroatoms. The quantitative estimate of drug-likeness (QED) is 0.769. The van der Waals surface area contributed by atoms with Crippen LogP contribution < -0.4 is 0 Å². The predicted octanol–water partition coefficient (Wildman–Crippen LogP) is 4.15. The molecule has 100 valence electrons. The van der Waals surface area contributed by atoms with Crippen LogP contribution in [0.2, 0.25) is 5.02 Å². The van der Waals surface area contributed by atoms with Gasteiger partial charge in [0.15, 0.2) is 5.58 Å². The number of benzene rings is 2. The van der Waals surface area contributed by atoms with E-state index in [1.54, 1.807) is 6.07 Å².